The van der Waals surface area contributed by atoms with Gasteiger partial charge in [-0.1, -0.05) is 0 Å². The molecule has 0 N–H and O–H groups in total. The van der Waals surface area contributed by atoms with E-state index in [1.54, 1.807) is 4.90 Å². The Labute approximate surface area is 177 Å². The third-order valence-corrected chi connectivity index (χ3v) is 7.06. The molecule has 2 unspecified atom stereocenters. The molecule has 0 aromatic carbocycles. The van der Waals surface area contributed by atoms with Crippen LogP contribution in [0.3, 0.4) is 0 Å². The van der Waals surface area contributed by atoms with E-state index in [9.17, 15) is 22.8 Å². The van der Waals surface area contributed by atoms with Crippen LogP contribution in [0.25, 0.3) is 0 Å². The first-order valence-corrected chi connectivity index (χ1v) is 10.9. The average molecular weight is 441 g/mol. The largest absolute Gasteiger partial charge is 0.408 e. The number of amides is 1. The van der Waals surface area contributed by atoms with Crippen LogP contribution in [0.4, 0.5) is 24.9 Å². The molecular formula is C20H26F3N5O3. The molecule has 3 saturated heterocycles. The van der Waals surface area contributed by atoms with Gasteiger partial charge < -0.3 is 19.4 Å². The SMILES string of the molecule is O=CN1CCC(CN2c3nc(N4C[C@@H]5CC4CO5)cc(=O)n3CCC2C(F)(F)F)CC1. The highest BCUT2D eigenvalue weighted by Crippen LogP contribution is 2.37. The standard InChI is InChI=1S/C20H26F3N5O3/c21-20(22,23)16-3-6-26-18(30)8-17(27-10-15-7-14(27)11-31-15)24-19(26)28(16)9-13-1-4-25(12-29)5-2-13/h8,12-16H,1-7,9-11H2/t14?,15-,16?/m0/s1. The highest BCUT2D eigenvalue weighted by molar-refractivity contribution is 5.49. The molecule has 1 amide bonds. The van der Waals surface area contributed by atoms with Crippen LogP contribution in [0.5, 0.6) is 0 Å². The van der Waals surface area contributed by atoms with Crippen molar-refractivity contribution < 1.29 is 22.7 Å². The summed E-state index contributed by atoms with van der Waals surface area (Å²) >= 11 is 0. The zero-order valence-corrected chi connectivity index (χ0v) is 17.1. The quantitative estimate of drug-likeness (QED) is 0.655. The molecule has 3 fully saturated rings. The minimum absolute atomic E-state index is 0.000867. The Balaban J connectivity index is 1.47. The normalized spacial score (nSPS) is 28.9. The number of hydrogen-bond donors (Lipinski definition) is 0. The Morgan fingerprint density at radius 2 is 1.97 bits per heavy atom. The number of hydrogen-bond acceptors (Lipinski definition) is 6. The Kier molecular flexibility index (Phi) is 5.10. The number of halogens is 3. The Morgan fingerprint density at radius 3 is 2.58 bits per heavy atom. The monoisotopic (exact) mass is 441 g/mol. The molecule has 4 aliphatic rings. The number of aromatic nitrogens is 2. The summed E-state index contributed by atoms with van der Waals surface area (Å²) in [6.45, 7) is 2.40. The lowest BCUT2D eigenvalue weighted by Gasteiger charge is -2.42. The predicted molar refractivity (Wildman–Crippen MR) is 106 cm³/mol. The van der Waals surface area contributed by atoms with Gasteiger partial charge in [0.1, 0.15) is 11.9 Å². The molecule has 11 heteroatoms. The number of fused-ring (bicyclic) bond motifs is 3. The molecule has 0 spiro atoms. The van der Waals surface area contributed by atoms with Crippen LogP contribution in [0.15, 0.2) is 10.9 Å². The second-order valence-electron chi connectivity index (χ2n) is 8.98. The summed E-state index contributed by atoms with van der Waals surface area (Å²) in [5, 5.41) is 0. The smallest absolute Gasteiger partial charge is 0.374 e. The Hall–Kier alpha value is -2.30. The fourth-order valence-electron chi connectivity index (χ4n) is 5.35. The summed E-state index contributed by atoms with van der Waals surface area (Å²) in [5.41, 5.74) is -0.315. The van der Waals surface area contributed by atoms with Crippen molar-refractivity contribution in [3.8, 4) is 0 Å². The van der Waals surface area contributed by atoms with E-state index in [0.29, 0.717) is 44.9 Å². The summed E-state index contributed by atoms with van der Waals surface area (Å²) in [5.74, 6) is 0.553. The molecule has 0 radical (unpaired) electrons. The molecule has 0 aliphatic carbocycles. The number of likely N-dealkylation sites (tertiary alicyclic amines) is 1. The summed E-state index contributed by atoms with van der Waals surface area (Å²) in [7, 11) is 0. The van der Waals surface area contributed by atoms with Gasteiger partial charge in [-0.15, -0.1) is 0 Å². The van der Waals surface area contributed by atoms with Gasteiger partial charge in [-0.25, -0.2) is 0 Å². The van der Waals surface area contributed by atoms with E-state index in [-0.39, 0.29) is 49.1 Å². The minimum Gasteiger partial charge on any atom is -0.374 e. The van der Waals surface area contributed by atoms with E-state index in [2.05, 4.69) is 4.98 Å². The average Bonchev–Trinajstić information content (AvgIpc) is 3.37. The van der Waals surface area contributed by atoms with Crippen molar-refractivity contribution in [2.45, 2.75) is 56.6 Å². The first kappa shape index (κ1) is 20.6. The van der Waals surface area contributed by atoms with Gasteiger partial charge in [0.15, 0.2) is 0 Å². The van der Waals surface area contributed by atoms with Gasteiger partial charge in [0, 0.05) is 38.8 Å². The summed E-state index contributed by atoms with van der Waals surface area (Å²) in [6.07, 6.45) is -1.59. The number of carbonyl (C=O) groups is 1. The molecule has 170 valence electrons. The van der Waals surface area contributed by atoms with Crippen LogP contribution in [0.1, 0.15) is 25.7 Å². The van der Waals surface area contributed by atoms with E-state index in [4.69, 9.17) is 4.74 Å². The third-order valence-electron chi connectivity index (χ3n) is 7.06. The summed E-state index contributed by atoms with van der Waals surface area (Å²) < 4.78 is 48.8. The predicted octanol–water partition coefficient (Wildman–Crippen LogP) is 1.23. The first-order chi connectivity index (χ1) is 14.8. The van der Waals surface area contributed by atoms with Crippen molar-refractivity contribution in [2.24, 2.45) is 5.92 Å². The van der Waals surface area contributed by atoms with E-state index in [0.717, 1.165) is 12.8 Å². The number of morpholine rings is 1. The fraction of sp³-hybridized carbons (Fsp3) is 0.750. The first-order valence-electron chi connectivity index (χ1n) is 10.9. The Morgan fingerprint density at radius 1 is 1.19 bits per heavy atom. The number of alkyl halides is 3. The summed E-state index contributed by atoms with van der Waals surface area (Å²) in [4.78, 5) is 33.3. The maximum Gasteiger partial charge on any atom is 0.408 e. The lowest BCUT2D eigenvalue weighted by atomic mass is 9.95. The maximum absolute atomic E-state index is 13.9. The molecule has 0 saturated carbocycles. The number of anilines is 2. The van der Waals surface area contributed by atoms with Crippen molar-refractivity contribution >= 4 is 18.2 Å². The minimum atomic E-state index is -4.41. The fourth-order valence-corrected chi connectivity index (χ4v) is 5.35. The molecule has 1 aromatic rings. The number of piperidine rings is 1. The van der Waals surface area contributed by atoms with Crippen molar-refractivity contribution in [1.82, 2.24) is 14.5 Å². The van der Waals surface area contributed by atoms with Crippen LogP contribution >= 0.6 is 0 Å². The van der Waals surface area contributed by atoms with Crippen molar-refractivity contribution in [2.75, 3.05) is 42.6 Å². The van der Waals surface area contributed by atoms with E-state index in [1.165, 1.54) is 15.5 Å². The number of rotatable bonds is 4. The van der Waals surface area contributed by atoms with E-state index in [1.807, 2.05) is 4.90 Å². The number of ether oxygens (including phenoxy) is 1. The van der Waals surface area contributed by atoms with Gasteiger partial charge in [-0.3, -0.25) is 14.2 Å². The van der Waals surface area contributed by atoms with Gasteiger partial charge >= 0.3 is 6.18 Å². The van der Waals surface area contributed by atoms with Crippen molar-refractivity contribution in [3.05, 3.63) is 16.4 Å². The summed E-state index contributed by atoms with van der Waals surface area (Å²) in [6, 6.07) is -0.112. The van der Waals surface area contributed by atoms with Crippen LogP contribution in [-0.2, 0) is 16.1 Å². The molecule has 5 rings (SSSR count). The topological polar surface area (TPSA) is 70.9 Å². The van der Waals surface area contributed by atoms with Gasteiger partial charge in [0.05, 0.1) is 18.8 Å². The van der Waals surface area contributed by atoms with Crippen LogP contribution in [-0.4, -0.2) is 78.0 Å². The van der Waals surface area contributed by atoms with Crippen LogP contribution in [0, 0.1) is 5.92 Å². The highest BCUT2D eigenvalue weighted by Gasteiger charge is 2.48. The molecule has 8 nitrogen and oxygen atoms in total. The molecule has 31 heavy (non-hydrogen) atoms. The lowest BCUT2D eigenvalue weighted by molar-refractivity contribution is -0.153. The molecule has 4 aliphatic heterocycles. The second kappa shape index (κ2) is 7.68. The third kappa shape index (κ3) is 3.77. The zero-order chi connectivity index (χ0) is 21.8. The molecule has 2 bridgehead atoms. The van der Waals surface area contributed by atoms with Crippen LogP contribution < -0.4 is 15.4 Å². The van der Waals surface area contributed by atoms with Gasteiger partial charge in [-0.05, 0) is 31.6 Å². The van der Waals surface area contributed by atoms with Gasteiger partial charge in [0.25, 0.3) is 5.56 Å². The lowest BCUT2D eigenvalue weighted by Crippen LogP contribution is -2.54. The van der Waals surface area contributed by atoms with Gasteiger partial charge in [0.2, 0.25) is 12.4 Å². The van der Waals surface area contributed by atoms with E-state index >= 15 is 0 Å². The number of carbonyl (C=O) groups excluding carboxylic acids is 1. The van der Waals surface area contributed by atoms with Crippen molar-refractivity contribution in [1.29, 1.82) is 0 Å². The highest BCUT2D eigenvalue weighted by atomic mass is 19.4. The number of nitrogens with zero attached hydrogens (tertiary/aromatic N) is 5. The molecule has 1 aromatic heterocycles. The van der Waals surface area contributed by atoms with Crippen LogP contribution in [0.2, 0.25) is 0 Å². The second-order valence-corrected chi connectivity index (χ2v) is 8.98. The zero-order valence-electron chi connectivity index (χ0n) is 17.1. The maximum atomic E-state index is 13.9. The molecule has 5 heterocycles. The molecular weight excluding hydrogens is 415 g/mol. The molecule has 3 atom stereocenters. The van der Waals surface area contributed by atoms with Crippen molar-refractivity contribution in [3.63, 3.8) is 0 Å². The van der Waals surface area contributed by atoms with E-state index < -0.39 is 12.2 Å². The Bertz CT molecular complexity index is 899. The van der Waals surface area contributed by atoms with Gasteiger partial charge in [-0.2, -0.15) is 18.2 Å².